The number of carbonyl (C=O) groups excluding carboxylic acids is 2. The van der Waals surface area contributed by atoms with Crippen molar-refractivity contribution in [2.75, 3.05) is 40.3 Å². The maximum absolute atomic E-state index is 12.0. The smallest absolute Gasteiger partial charge is 0.361 e. The molecule has 1 aromatic rings. The largest absolute Gasteiger partial charge is 1.00 e. The lowest BCUT2D eigenvalue weighted by Gasteiger charge is -2.28. The third-order valence-electron chi connectivity index (χ3n) is 4.79. The highest BCUT2D eigenvalue weighted by Crippen LogP contribution is 2.08. The summed E-state index contributed by atoms with van der Waals surface area (Å²) in [6, 6.07) is 3.33. The number of halogens is 1. The second-order valence-electron chi connectivity index (χ2n) is 8.10. The van der Waals surface area contributed by atoms with E-state index in [1.807, 2.05) is 14.1 Å². The summed E-state index contributed by atoms with van der Waals surface area (Å²) in [5, 5.41) is 2.82. The number of hydrogen-bond acceptors (Lipinski definition) is 4. The topological polar surface area (TPSA) is 68.5 Å². The maximum atomic E-state index is 12.0. The second kappa shape index (κ2) is 16.3. The fraction of sp³-hybridized carbons (Fsp3) is 0.727. The lowest BCUT2D eigenvalue weighted by molar-refractivity contribution is -0.883. The highest BCUT2D eigenvalue weighted by Gasteiger charge is 2.21. The molecule has 1 rings (SSSR count). The van der Waals surface area contributed by atoms with Crippen molar-refractivity contribution in [2.45, 2.75) is 64.7 Å². The minimum Gasteiger partial charge on any atom is -1.00 e. The van der Waals surface area contributed by atoms with Crippen LogP contribution in [-0.4, -0.2) is 56.7 Å². The number of carbonyl (C=O) groups is 2. The molecule has 6 nitrogen and oxygen atoms in total. The highest BCUT2D eigenvalue weighted by atomic mass is 35.5. The third-order valence-corrected chi connectivity index (χ3v) is 4.79. The monoisotopic (exact) mass is 430 g/mol. The van der Waals surface area contributed by atoms with E-state index in [0.29, 0.717) is 29.9 Å². The molecule has 1 amide bonds. The third kappa shape index (κ3) is 14.1. The Morgan fingerprint density at radius 3 is 2.31 bits per heavy atom. The average molecular weight is 431 g/mol. The Bertz CT molecular complexity index is 547. The second-order valence-corrected chi connectivity index (χ2v) is 8.10. The fourth-order valence-corrected chi connectivity index (χ4v) is 3.10. The number of hydrogen-bond donors (Lipinski definition) is 1. The molecule has 0 aliphatic carbocycles. The predicted molar refractivity (Wildman–Crippen MR) is 111 cm³/mol. The summed E-state index contributed by atoms with van der Waals surface area (Å²) in [7, 11) is 4.01. The van der Waals surface area contributed by atoms with Crippen LogP contribution in [0.2, 0.25) is 0 Å². The number of ether oxygens (including phenoxy) is 1. The molecule has 0 aliphatic rings. The van der Waals surface area contributed by atoms with Crippen LogP contribution in [0.5, 0.6) is 0 Å². The Hall–Kier alpha value is -1.53. The summed E-state index contributed by atoms with van der Waals surface area (Å²) < 4.78 is 11.0. The van der Waals surface area contributed by atoms with Crippen LogP contribution < -0.4 is 17.7 Å². The summed E-state index contributed by atoms with van der Waals surface area (Å²) in [5.41, 5.74) is 0. The van der Waals surface area contributed by atoms with Gasteiger partial charge < -0.3 is 31.4 Å². The molecule has 7 heteroatoms. The standard InChI is InChI=1S/C22H38N2O4.ClH/c1-4-5-6-7-8-9-10-11-17-28-21(25)19-24(2,3)16-13-15-23-22(26)20-14-12-18-27-20;/h12,14,18H,4-11,13,15-17,19H2,1-3H3;1H. The number of quaternary nitrogens is 1. The van der Waals surface area contributed by atoms with Crippen LogP contribution in [0.25, 0.3) is 0 Å². The zero-order chi connectivity index (χ0) is 20.7. The van der Waals surface area contributed by atoms with Crippen molar-refractivity contribution in [3.8, 4) is 0 Å². The van der Waals surface area contributed by atoms with Gasteiger partial charge in [0.2, 0.25) is 0 Å². The molecule has 1 N–H and O–H groups in total. The molecule has 0 spiro atoms. The van der Waals surface area contributed by atoms with E-state index >= 15 is 0 Å². The van der Waals surface area contributed by atoms with Gasteiger partial charge in [-0.05, 0) is 18.6 Å². The van der Waals surface area contributed by atoms with Crippen molar-refractivity contribution >= 4 is 11.9 Å². The first kappa shape index (κ1) is 27.5. The van der Waals surface area contributed by atoms with Gasteiger partial charge >= 0.3 is 5.97 Å². The molecule has 29 heavy (non-hydrogen) atoms. The molecule has 168 valence electrons. The number of amides is 1. The van der Waals surface area contributed by atoms with E-state index in [9.17, 15) is 9.59 Å². The number of rotatable bonds is 16. The van der Waals surface area contributed by atoms with Gasteiger partial charge in [-0.1, -0.05) is 51.9 Å². The zero-order valence-electron chi connectivity index (χ0n) is 18.4. The molecule has 0 unspecified atom stereocenters. The molecule has 1 heterocycles. The number of unbranched alkanes of at least 4 members (excludes halogenated alkanes) is 7. The van der Waals surface area contributed by atoms with Crippen molar-refractivity contribution in [3.63, 3.8) is 0 Å². The van der Waals surface area contributed by atoms with Crippen LogP contribution in [0.3, 0.4) is 0 Å². The van der Waals surface area contributed by atoms with Gasteiger partial charge in [0.15, 0.2) is 12.3 Å². The summed E-state index contributed by atoms with van der Waals surface area (Å²) in [6.45, 7) is 4.44. The van der Waals surface area contributed by atoms with Crippen LogP contribution in [-0.2, 0) is 9.53 Å². The zero-order valence-corrected chi connectivity index (χ0v) is 19.1. The Labute approximate surface area is 182 Å². The molecular formula is C22H39ClN2O4. The van der Waals surface area contributed by atoms with E-state index in [-0.39, 0.29) is 24.3 Å². The Balaban J connectivity index is 0.00000784. The van der Waals surface area contributed by atoms with Crippen molar-refractivity contribution < 1.29 is 35.6 Å². The van der Waals surface area contributed by atoms with Gasteiger partial charge in [-0.25, -0.2) is 4.79 Å². The minimum absolute atomic E-state index is 0. The summed E-state index contributed by atoms with van der Waals surface area (Å²) in [4.78, 5) is 23.8. The van der Waals surface area contributed by atoms with E-state index in [0.717, 1.165) is 25.8 Å². The van der Waals surface area contributed by atoms with E-state index in [4.69, 9.17) is 9.15 Å². The summed E-state index contributed by atoms with van der Waals surface area (Å²) in [6.07, 6.45) is 12.1. The quantitative estimate of drug-likeness (QED) is 0.243. The SMILES string of the molecule is CCCCCCCCCCOC(=O)C[N+](C)(C)CCCNC(=O)c1ccco1.[Cl-]. The molecular weight excluding hydrogens is 392 g/mol. The molecule has 0 fully saturated rings. The first-order valence-corrected chi connectivity index (χ1v) is 10.7. The number of nitrogens with one attached hydrogen (secondary N) is 1. The van der Waals surface area contributed by atoms with E-state index in [2.05, 4.69) is 12.2 Å². The lowest BCUT2D eigenvalue weighted by atomic mass is 10.1. The normalized spacial score (nSPS) is 11.0. The van der Waals surface area contributed by atoms with Gasteiger partial charge in [-0.15, -0.1) is 0 Å². The van der Waals surface area contributed by atoms with Gasteiger partial charge in [0, 0.05) is 13.0 Å². The van der Waals surface area contributed by atoms with Gasteiger partial charge in [0.05, 0.1) is 33.5 Å². The van der Waals surface area contributed by atoms with Crippen molar-refractivity contribution in [3.05, 3.63) is 24.2 Å². The number of nitrogens with zero attached hydrogens (tertiary/aromatic N) is 1. The van der Waals surface area contributed by atoms with Gasteiger partial charge in [0.25, 0.3) is 5.91 Å². The molecule has 1 aromatic heterocycles. The van der Waals surface area contributed by atoms with Crippen LogP contribution >= 0.6 is 0 Å². The first-order valence-electron chi connectivity index (χ1n) is 10.7. The summed E-state index contributed by atoms with van der Waals surface area (Å²) >= 11 is 0. The molecule has 0 atom stereocenters. The Morgan fingerprint density at radius 1 is 1.03 bits per heavy atom. The molecule has 0 saturated heterocycles. The van der Waals surface area contributed by atoms with Gasteiger partial charge in [-0.2, -0.15) is 0 Å². The number of furan rings is 1. The first-order chi connectivity index (χ1) is 13.4. The van der Waals surface area contributed by atoms with E-state index in [1.165, 1.54) is 44.8 Å². The van der Waals surface area contributed by atoms with E-state index in [1.54, 1.807) is 12.1 Å². The number of esters is 1. The maximum Gasteiger partial charge on any atom is 0.361 e. The molecule has 0 radical (unpaired) electrons. The van der Waals surface area contributed by atoms with Crippen LogP contribution in [0, 0.1) is 0 Å². The van der Waals surface area contributed by atoms with Crippen LogP contribution in [0.4, 0.5) is 0 Å². The molecule has 0 bridgehead atoms. The minimum atomic E-state index is -0.208. The molecule has 0 aromatic carbocycles. The fourth-order valence-electron chi connectivity index (χ4n) is 3.10. The Morgan fingerprint density at radius 2 is 1.69 bits per heavy atom. The van der Waals surface area contributed by atoms with Crippen molar-refractivity contribution in [1.29, 1.82) is 0 Å². The van der Waals surface area contributed by atoms with Crippen molar-refractivity contribution in [2.24, 2.45) is 0 Å². The molecule has 0 aliphatic heterocycles. The predicted octanol–water partition coefficient (Wildman–Crippen LogP) is 1.16. The average Bonchev–Trinajstić information content (AvgIpc) is 3.18. The molecule has 0 saturated carbocycles. The van der Waals surface area contributed by atoms with Crippen LogP contribution in [0.1, 0.15) is 75.3 Å². The van der Waals surface area contributed by atoms with Gasteiger partial charge in [-0.3, -0.25) is 4.79 Å². The Kier molecular flexibility index (Phi) is 15.4. The van der Waals surface area contributed by atoms with Gasteiger partial charge in [0.1, 0.15) is 0 Å². The lowest BCUT2D eigenvalue weighted by Crippen LogP contribution is -3.00. The van der Waals surface area contributed by atoms with E-state index < -0.39 is 0 Å². The summed E-state index contributed by atoms with van der Waals surface area (Å²) in [5.74, 6) is -0.0362. The van der Waals surface area contributed by atoms with Crippen molar-refractivity contribution in [1.82, 2.24) is 5.32 Å². The van der Waals surface area contributed by atoms with Crippen LogP contribution in [0.15, 0.2) is 22.8 Å². The highest BCUT2D eigenvalue weighted by molar-refractivity contribution is 5.91. The number of likely N-dealkylation sites (N-methyl/N-ethyl adjacent to an activating group) is 1.